The number of nitrogens with one attached hydrogen (secondary N) is 1. The standard InChI is InChI=1S/C19H32N4O2.HI/c1-14(2)5-4-6-15(3)23-19(20)22-12-16-7-9-21-18(11-16)25-17-8-10-24-13-17;/h7,9,11,14-15,17H,4-6,8,10,12-13H2,1-3H3,(H3,20,22,23);1H. The van der Waals surface area contributed by atoms with E-state index in [1.807, 2.05) is 12.1 Å². The average Bonchev–Trinajstić information content (AvgIpc) is 3.06. The molecule has 1 aromatic heterocycles. The van der Waals surface area contributed by atoms with E-state index in [1.165, 1.54) is 12.8 Å². The molecule has 2 heterocycles. The molecule has 3 N–H and O–H groups in total. The summed E-state index contributed by atoms with van der Waals surface area (Å²) >= 11 is 0. The fraction of sp³-hybridized carbons (Fsp3) is 0.684. The highest BCUT2D eigenvalue weighted by Gasteiger charge is 2.17. The summed E-state index contributed by atoms with van der Waals surface area (Å²) in [6.07, 6.45) is 6.31. The molecule has 1 aliphatic heterocycles. The Morgan fingerprint density at radius 2 is 2.23 bits per heavy atom. The van der Waals surface area contributed by atoms with E-state index in [4.69, 9.17) is 15.2 Å². The van der Waals surface area contributed by atoms with Crippen molar-refractivity contribution in [1.82, 2.24) is 10.3 Å². The number of ether oxygens (including phenoxy) is 2. The number of aliphatic imine (C=N–C) groups is 1. The molecule has 0 aromatic carbocycles. The lowest BCUT2D eigenvalue weighted by Gasteiger charge is -2.15. The van der Waals surface area contributed by atoms with Crippen molar-refractivity contribution in [3.8, 4) is 5.88 Å². The van der Waals surface area contributed by atoms with Crippen molar-refractivity contribution in [3.63, 3.8) is 0 Å². The van der Waals surface area contributed by atoms with Gasteiger partial charge in [-0.1, -0.05) is 26.7 Å². The van der Waals surface area contributed by atoms with E-state index < -0.39 is 0 Å². The second-order valence-electron chi connectivity index (χ2n) is 7.18. The number of pyridine rings is 1. The lowest BCUT2D eigenvalue weighted by atomic mass is 10.0. The van der Waals surface area contributed by atoms with Crippen molar-refractivity contribution < 1.29 is 9.47 Å². The molecule has 1 aromatic rings. The molecule has 0 aliphatic carbocycles. The Bertz CT molecular complexity index is 548. The fourth-order valence-corrected chi connectivity index (χ4v) is 2.77. The van der Waals surface area contributed by atoms with Crippen molar-refractivity contribution in [1.29, 1.82) is 0 Å². The van der Waals surface area contributed by atoms with Crippen LogP contribution < -0.4 is 15.8 Å². The third-order valence-corrected chi connectivity index (χ3v) is 4.22. The van der Waals surface area contributed by atoms with E-state index in [0.717, 1.165) is 30.9 Å². The number of rotatable bonds is 9. The van der Waals surface area contributed by atoms with Crippen molar-refractivity contribution in [2.45, 2.75) is 65.1 Å². The lowest BCUT2D eigenvalue weighted by molar-refractivity contribution is 0.138. The maximum atomic E-state index is 6.00. The van der Waals surface area contributed by atoms with Gasteiger partial charge in [0.15, 0.2) is 5.96 Å². The van der Waals surface area contributed by atoms with Crippen LogP contribution in [0.2, 0.25) is 0 Å². The summed E-state index contributed by atoms with van der Waals surface area (Å²) in [5.41, 5.74) is 7.03. The average molecular weight is 476 g/mol. The number of hydrogen-bond donors (Lipinski definition) is 2. The molecule has 2 rings (SSSR count). The summed E-state index contributed by atoms with van der Waals surface area (Å²) < 4.78 is 11.1. The van der Waals surface area contributed by atoms with Crippen molar-refractivity contribution in [2.24, 2.45) is 16.6 Å². The van der Waals surface area contributed by atoms with E-state index in [-0.39, 0.29) is 30.1 Å². The zero-order valence-corrected chi connectivity index (χ0v) is 18.4. The van der Waals surface area contributed by atoms with E-state index in [0.29, 0.717) is 31.0 Å². The molecule has 0 spiro atoms. The highest BCUT2D eigenvalue weighted by atomic mass is 127. The molecule has 1 fully saturated rings. The van der Waals surface area contributed by atoms with Gasteiger partial charge >= 0.3 is 0 Å². The van der Waals surface area contributed by atoms with Crippen LogP contribution in [0.1, 0.15) is 52.0 Å². The van der Waals surface area contributed by atoms with E-state index in [2.05, 4.69) is 36.1 Å². The zero-order valence-electron chi connectivity index (χ0n) is 16.1. The van der Waals surface area contributed by atoms with Gasteiger partial charge in [-0.25, -0.2) is 9.98 Å². The minimum Gasteiger partial charge on any atom is -0.472 e. The first kappa shape index (κ1) is 23.0. The second-order valence-corrected chi connectivity index (χ2v) is 7.18. The predicted molar refractivity (Wildman–Crippen MR) is 116 cm³/mol. The van der Waals surface area contributed by atoms with Crippen LogP contribution in [-0.4, -0.2) is 36.3 Å². The summed E-state index contributed by atoms with van der Waals surface area (Å²) in [5.74, 6) is 1.86. The molecule has 2 unspecified atom stereocenters. The van der Waals surface area contributed by atoms with Crippen LogP contribution in [-0.2, 0) is 11.3 Å². The number of nitrogens with zero attached hydrogens (tertiary/aromatic N) is 2. The van der Waals surface area contributed by atoms with Crippen LogP contribution in [0.25, 0.3) is 0 Å². The quantitative estimate of drug-likeness (QED) is 0.324. The highest BCUT2D eigenvalue weighted by Crippen LogP contribution is 2.16. The summed E-state index contributed by atoms with van der Waals surface area (Å²) in [6, 6.07) is 4.18. The molecule has 0 bridgehead atoms. The molecule has 6 nitrogen and oxygen atoms in total. The topological polar surface area (TPSA) is 81.8 Å². The molecule has 7 heteroatoms. The minimum atomic E-state index is 0. The van der Waals surface area contributed by atoms with Crippen molar-refractivity contribution in [2.75, 3.05) is 13.2 Å². The molecule has 0 saturated carbocycles. The first-order valence-electron chi connectivity index (χ1n) is 9.28. The number of hydrogen-bond acceptors (Lipinski definition) is 4. The maximum Gasteiger partial charge on any atom is 0.213 e. The maximum absolute atomic E-state index is 6.00. The van der Waals surface area contributed by atoms with E-state index in [1.54, 1.807) is 6.20 Å². The smallest absolute Gasteiger partial charge is 0.213 e. The van der Waals surface area contributed by atoms with Gasteiger partial charge in [-0.3, -0.25) is 0 Å². The number of halogens is 1. The summed E-state index contributed by atoms with van der Waals surface area (Å²) in [5, 5.41) is 3.26. The number of nitrogens with two attached hydrogens (primary N) is 1. The van der Waals surface area contributed by atoms with Crippen molar-refractivity contribution >= 4 is 29.9 Å². The Morgan fingerprint density at radius 3 is 2.92 bits per heavy atom. The normalized spacial score (nSPS) is 18.5. The Kier molecular flexibility index (Phi) is 10.9. The van der Waals surface area contributed by atoms with Crippen LogP contribution in [0.3, 0.4) is 0 Å². The zero-order chi connectivity index (χ0) is 18.1. The van der Waals surface area contributed by atoms with Gasteiger partial charge in [0, 0.05) is 24.7 Å². The van der Waals surface area contributed by atoms with Gasteiger partial charge in [0.1, 0.15) is 6.10 Å². The predicted octanol–water partition coefficient (Wildman–Crippen LogP) is 3.49. The first-order valence-corrected chi connectivity index (χ1v) is 9.28. The van der Waals surface area contributed by atoms with Gasteiger partial charge in [0.2, 0.25) is 5.88 Å². The van der Waals surface area contributed by atoms with Crippen LogP contribution in [0, 0.1) is 5.92 Å². The Hall–Kier alpha value is -1.09. The fourth-order valence-electron chi connectivity index (χ4n) is 2.77. The minimum absolute atomic E-state index is 0. The molecule has 1 aliphatic rings. The summed E-state index contributed by atoms with van der Waals surface area (Å²) in [7, 11) is 0. The Morgan fingerprint density at radius 1 is 1.42 bits per heavy atom. The van der Waals surface area contributed by atoms with Gasteiger partial charge < -0.3 is 20.5 Å². The SMILES string of the molecule is CC(C)CCCC(C)NC(N)=NCc1ccnc(OC2CCOC2)c1.I. The van der Waals surface area contributed by atoms with Gasteiger partial charge in [-0.15, -0.1) is 24.0 Å². The molecule has 148 valence electrons. The Balaban J connectivity index is 0.00000338. The first-order chi connectivity index (χ1) is 12.0. The van der Waals surface area contributed by atoms with Crippen LogP contribution in [0.15, 0.2) is 23.3 Å². The van der Waals surface area contributed by atoms with E-state index in [9.17, 15) is 0 Å². The number of aromatic nitrogens is 1. The third kappa shape index (κ3) is 9.02. The number of guanidine groups is 1. The molecular formula is C19H33IN4O2. The third-order valence-electron chi connectivity index (χ3n) is 4.22. The largest absolute Gasteiger partial charge is 0.472 e. The van der Waals surface area contributed by atoms with Crippen LogP contribution in [0.5, 0.6) is 5.88 Å². The highest BCUT2D eigenvalue weighted by molar-refractivity contribution is 14.0. The second kappa shape index (κ2) is 12.3. The monoisotopic (exact) mass is 476 g/mol. The molecule has 0 radical (unpaired) electrons. The summed E-state index contributed by atoms with van der Waals surface area (Å²) in [4.78, 5) is 8.68. The summed E-state index contributed by atoms with van der Waals surface area (Å²) in [6.45, 7) is 8.55. The lowest BCUT2D eigenvalue weighted by Crippen LogP contribution is -2.38. The molecule has 1 saturated heterocycles. The van der Waals surface area contributed by atoms with Gasteiger partial charge in [-0.05, 0) is 30.9 Å². The van der Waals surface area contributed by atoms with Gasteiger partial charge in [0.25, 0.3) is 0 Å². The van der Waals surface area contributed by atoms with Crippen LogP contribution in [0.4, 0.5) is 0 Å². The van der Waals surface area contributed by atoms with Crippen molar-refractivity contribution in [3.05, 3.63) is 23.9 Å². The molecule has 0 amide bonds. The van der Waals surface area contributed by atoms with E-state index >= 15 is 0 Å². The Labute approximate surface area is 174 Å². The van der Waals surface area contributed by atoms with Gasteiger partial charge in [0.05, 0.1) is 19.8 Å². The van der Waals surface area contributed by atoms with Crippen LogP contribution >= 0.6 is 24.0 Å². The van der Waals surface area contributed by atoms with Gasteiger partial charge in [-0.2, -0.15) is 0 Å². The molecule has 26 heavy (non-hydrogen) atoms. The molecule has 2 atom stereocenters. The molecular weight excluding hydrogens is 443 g/mol.